The molecule has 8 aromatic heterocycles. The number of fused-ring (bicyclic) bond motifs is 4. The Kier molecular flexibility index (Phi) is 14.1. The lowest BCUT2D eigenvalue weighted by atomic mass is 10.0. The van der Waals surface area contributed by atoms with Gasteiger partial charge in [-0.25, -0.2) is 52.5 Å². The van der Waals surface area contributed by atoms with Crippen molar-refractivity contribution in [3.05, 3.63) is 201 Å². The molecule has 1 unspecified atom stereocenters. The molecular weight excluding hydrogens is 1760 g/mol. The Labute approximate surface area is 749 Å². The zero-order valence-electron chi connectivity index (χ0n) is 94.2. The van der Waals surface area contributed by atoms with Crippen molar-refractivity contribution < 1.29 is 161 Å². The van der Waals surface area contributed by atoms with Crippen LogP contribution in [0.15, 0.2) is 132 Å². The SMILES string of the molecule is [2H]C1Oc2cc(C([2H])([2H])[2H])c(C([2H])([2H])C(=O)c3sccc3S(=O)(=O)N([2H])c3onc(C([2H])([2H])[2H])c3Cl)cc2O1.[2H]N(c1onc(C([2H])([2H])[2H])c1Cl)S(=O)(=O)c1ccsc1C(=O)C([2H])([2H])c1cc2c(cc1C([2H])([2H])[2H])OC([2H])([2H])O2.[2H]N(c1onc(C([2H])([2H])[2H])c1Cl)S(=O)(=O)c1ccsc1C(=O)C([2H])([2H])c1cc2c(cc1C([2H])([2H])[2H])OCO2.[2H]N(c1onc(C([2H])([2H])[2H])c1Cl)S(=O)(=O)c1ccsc1C(=O)C([2H])([2H])c1cc2c(cc1C)OC([2H])([2H])O2. The molecule has 4 aliphatic heterocycles. The van der Waals surface area contributed by atoms with Gasteiger partial charge in [0.05, 0.1) is 19.5 Å². The Balaban J connectivity index is 0.000000170. The quantitative estimate of drug-likeness (QED) is 0.0408. The van der Waals surface area contributed by atoms with E-state index >= 15 is 0 Å². The van der Waals surface area contributed by atoms with E-state index in [-0.39, 0.29) is 77.0 Å². The summed E-state index contributed by atoms with van der Waals surface area (Å²) in [6, 6.07) is 11.5. The average Bonchev–Trinajstić information content (AvgIpc) is 1.84. The van der Waals surface area contributed by atoms with Crippen LogP contribution >= 0.6 is 91.8 Å². The molecule has 0 radical (unpaired) electrons. The largest absolute Gasteiger partial charge is 0.454 e. The third kappa shape index (κ3) is 18.1. The number of ether oxygens (including phenoxy) is 8. The van der Waals surface area contributed by atoms with Gasteiger partial charge in [0.1, 0.15) is 69.3 Å². The zero-order valence-corrected chi connectivity index (χ0v) is 65.7. The molecule has 608 valence electrons. The first-order chi connectivity index (χ1) is 70.1. The minimum absolute atomic E-state index is 0.000834. The Morgan fingerprint density at radius 2 is 0.629 bits per heavy atom. The molecule has 0 saturated heterocycles. The maximum absolute atomic E-state index is 13.5. The molecule has 4 N–H and O–H groups in total. The number of halogens is 4. The summed E-state index contributed by atoms with van der Waals surface area (Å²) >= 11 is 25.6. The third-order valence-electron chi connectivity index (χ3n) is 14.7. The number of thiophene rings is 4. The number of sulfonamides is 4. The first-order valence-corrected chi connectivity index (χ1v) is 41.2. The summed E-state index contributed by atoms with van der Waals surface area (Å²) in [5.41, 5.74) is -7.15. The van der Waals surface area contributed by atoms with Crippen LogP contribution in [0.1, 0.15) is 153 Å². The molecule has 0 aliphatic carbocycles. The lowest BCUT2D eigenvalue weighted by Gasteiger charge is -2.09. The van der Waals surface area contributed by atoms with E-state index in [1.165, 1.54) is 18.4 Å². The normalized spacial score (nSPS) is 20.5. The minimum atomic E-state index is -5.07. The van der Waals surface area contributed by atoms with Crippen LogP contribution in [0.25, 0.3) is 0 Å². The van der Waals surface area contributed by atoms with E-state index in [9.17, 15) is 52.8 Å². The number of aryl methyl sites for hydroxylation is 8. The van der Waals surface area contributed by atoms with Crippen LogP contribution in [0.5, 0.6) is 46.0 Å². The fourth-order valence-electron chi connectivity index (χ4n) is 9.34. The van der Waals surface area contributed by atoms with E-state index in [0.29, 0.717) is 45.3 Å². The highest BCUT2D eigenvalue weighted by Crippen LogP contribution is 2.42. The van der Waals surface area contributed by atoms with Gasteiger partial charge in [0.15, 0.2) is 74.8 Å². The number of hydrogen-bond acceptors (Lipinski definition) is 32. The highest BCUT2D eigenvalue weighted by molar-refractivity contribution is 7.94. The second-order valence-electron chi connectivity index (χ2n) is 22.1. The van der Waals surface area contributed by atoms with E-state index < -0.39 is 302 Å². The van der Waals surface area contributed by atoms with Gasteiger partial charge in [-0.1, -0.05) is 67.0 Å². The molecule has 0 saturated carbocycles. The van der Waals surface area contributed by atoms with Crippen molar-refractivity contribution in [1.29, 1.82) is 0 Å². The fourth-order valence-corrected chi connectivity index (χ4v) is 18.9. The molecule has 4 aliphatic rings. The molecule has 16 rings (SSSR count). The average molecular weight is 1860 g/mol. The first-order valence-electron chi connectivity index (χ1n) is 49.3. The number of Topliss-reactive ketones (excluding diaryl/α,β-unsaturated/α-hetero) is 4. The maximum atomic E-state index is 13.5. The number of nitrogens with one attached hydrogen (secondary N) is 4. The zero-order chi connectivity index (χ0) is 116. The number of ketones is 4. The highest BCUT2D eigenvalue weighted by atomic mass is 35.5. The smallest absolute Gasteiger partial charge is 0.265 e. The number of carbonyl (C=O) groups excluding carboxylic acids is 4. The van der Waals surface area contributed by atoms with E-state index in [0.717, 1.165) is 82.9 Å². The van der Waals surface area contributed by atoms with Gasteiger partial charge in [-0.2, -0.15) is 0 Å². The molecular formula is C72H60Cl4N8O24S8. The Bertz CT molecular complexity index is 8080. The Morgan fingerprint density at radius 1 is 0.388 bits per heavy atom. The van der Waals surface area contributed by atoms with Crippen molar-refractivity contribution >= 4 is 179 Å². The Hall–Kier alpha value is -10.2. The molecule has 0 amide bonds. The van der Waals surface area contributed by atoms with Crippen LogP contribution in [0.2, 0.25) is 25.7 Å². The van der Waals surface area contributed by atoms with Crippen molar-refractivity contribution in [3.8, 4) is 46.0 Å². The number of aromatic nitrogens is 4. The van der Waals surface area contributed by atoms with Gasteiger partial charge in [-0.3, -0.25) is 19.2 Å². The molecule has 12 aromatic rings. The Morgan fingerprint density at radius 3 is 0.905 bits per heavy atom. The number of benzene rings is 4. The molecule has 12 heterocycles. The van der Waals surface area contributed by atoms with Gasteiger partial charge in [-0.05, 0) is 194 Å². The predicted octanol–water partition coefficient (Wildman–Crippen LogP) is 15.8. The van der Waals surface area contributed by atoms with Gasteiger partial charge >= 0.3 is 0 Å². The number of anilines is 4. The lowest BCUT2D eigenvalue weighted by molar-refractivity contribution is 0.0985. The van der Waals surface area contributed by atoms with E-state index in [4.69, 9.17) is 137 Å². The van der Waals surface area contributed by atoms with Gasteiger partial charge in [0, 0.05) is 65.2 Å². The van der Waals surface area contributed by atoms with Gasteiger partial charge in [0.25, 0.3) is 63.6 Å². The second kappa shape index (κ2) is 34.1. The first kappa shape index (κ1) is 47.8. The van der Waals surface area contributed by atoms with Gasteiger partial charge < -0.3 is 56.0 Å². The molecule has 0 bridgehead atoms. The summed E-state index contributed by atoms with van der Waals surface area (Å²) < 4.78 is 460. The molecule has 32 nitrogen and oxygen atoms in total. The van der Waals surface area contributed by atoms with Crippen molar-refractivity contribution in [3.63, 3.8) is 0 Å². The summed E-state index contributed by atoms with van der Waals surface area (Å²) in [4.78, 5) is 47.7. The molecule has 1 atom stereocenters. The van der Waals surface area contributed by atoms with Crippen LogP contribution < -0.4 is 56.8 Å². The molecule has 116 heavy (non-hydrogen) atoms. The highest BCUT2D eigenvalue weighted by Gasteiger charge is 2.34. The topological polar surface area (TPSA) is 431 Å². The number of rotatable bonds is 24. The van der Waals surface area contributed by atoms with Crippen LogP contribution in [0.3, 0.4) is 0 Å². The summed E-state index contributed by atoms with van der Waals surface area (Å²) in [5.74, 6) is -10.8. The van der Waals surface area contributed by atoms with E-state index in [1.807, 2.05) is 0 Å². The molecule has 44 heteroatoms. The van der Waals surface area contributed by atoms with E-state index in [2.05, 4.69) is 38.7 Å². The molecule has 0 spiro atoms. The standard InChI is InChI=1S/4C18H15ClN2O6S2/c4*1-9-5-13-14(26-8-25-13)7-11(9)6-12(22)17-15(3-4-28-17)29(23,24)21-18-16(19)10(2)20-27-18/h4*3-5,7,21H,6,8H2,1-2H3/i1D3,2D3,6D2,8D2;1D3,2D3,6D2,8D;2D3,6D2,8D2;1D3,2D3,6D2/hD4. The molecule has 4 aromatic carbocycles. The van der Waals surface area contributed by atoms with Gasteiger partial charge in [-0.15, -0.1) is 45.3 Å². The fraction of sp³-hybridized carbons (Fsp3) is 0.222. The van der Waals surface area contributed by atoms with Gasteiger partial charge in [0.2, 0.25) is 27.1 Å². The van der Waals surface area contributed by atoms with Crippen LogP contribution in [-0.4, -0.2) is 104 Å². The summed E-state index contributed by atoms with van der Waals surface area (Å²) in [7, 11) is -20.0. The van der Waals surface area contributed by atoms with Crippen LogP contribution in [0, 0.1) is 54.9 Å². The lowest BCUT2D eigenvalue weighted by Crippen LogP contribution is -2.16. The number of carbonyl (C=O) groups is 4. The van der Waals surface area contributed by atoms with Crippen molar-refractivity contribution in [2.24, 2.45) is 0 Å². The van der Waals surface area contributed by atoms with Crippen LogP contribution in [0.4, 0.5) is 23.5 Å². The maximum Gasteiger partial charge on any atom is 0.265 e. The summed E-state index contributed by atoms with van der Waals surface area (Å²) in [5, 5.41) is 14.3. The third-order valence-corrected chi connectivity index (χ3v) is 25.4. The number of hydrogen-bond donors (Lipinski definition) is 4. The van der Waals surface area contributed by atoms with Crippen molar-refractivity contribution in [2.45, 2.75) is 100.0 Å². The monoisotopic (exact) mass is 1850 g/mol. The summed E-state index contributed by atoms with van der Waals surface area (Å²) in [6.45, 7) is -25.9. The minimum Gasteiger partial charge on any atom is -0.454 e. The van der Waals surface area contributed by atoms with E-state index in [1.54, 1.807) is 0 Å². The molecule has 0 fully saturated rings. The predicted molar refractivity (Wildman–Crippen MR) is 427 cm³/mol. The number of nitrogens with zero attached hydrogens (tertiary/aromatic N) is 4. The van der Waals surface area contributed by atoms with Crippen molar-refractivity contribution in [1.82, 2.24) is 20.6 Å². The summed E-state index contributed by atoms with van der Waals surface area (Å²) in [6.07, 6.45) is -12.3. The second-order valence-corrected chi connectivity index (χ2v) is 33.6. The van der Waals surface area contributed by atoms with Crippen molar-refractivity contribution in [2.75, 3.05) is 45.9 Å². The van der Waals surface area contributed by atoms with Crippen LogP contribution in [-0.2, 0) is 65.6 Å².